The van der Waals surface area contributed by atoms with Crippen LogP contribution in [0.1, 0.15) is 5.56 Å². The van der Waals surface area contributed by atoms with Crippen LogP contribution in [0.25, 0.3) is 0 Å². The summed E-state index contributed by atoms with van der Waals surface area (Å²) in [6, 6.07) is 2.12. The maximum absolute atomic E-state index is 5.00. The van der Waals surface area contributed by atoms with Crippen molar-refractivity contribution in [1.29, 1.82) is 0 Å². The zero-order valence-corrected chi connectivity index (χ0v) is 11.9. The molecular formula is C11H14BrN3OS. The zero-order valence-electron chi connectivity index (χ0n) is 9.52. The van der Waals surface area contributed by atoms with Crippen molar-refractivity contribution in [2.45, 2.75) is 13.1 Å². The number of nitrogens with one attached hydrogen (secondary N) is 1. The summed E-state index contributed by atoms with van der Waals surface area (Å²) in [7, 11) is 1.69. The van der Waals surface area contributed by atoms with E-state index in [4.69, 9.17) is 4.74 Å². The minimum atomic E-state index is 0.679. The van der Waals surface area contributed by atoms with E-state index in [0.29, 0.717) is 6.61 Å². The van der Waals surface area contributed by atoms with Crippen molar-refractivity contribution in [3.8, 4) is 0 Å². The number of thiophene rings is 1. The third-order valence-corrected chi connectivity index (χ3v) is 3.83. The van der Waals surface area contributed by atoms with E-state index >= 15 is 0 Å². The lowest BCUT2D eigenvalue weighted by Gasteiger charge is -2.01. The third-order valence-electron chi connectivity index (χ3n) is 2.28. The van der Waals surface area contributed by atoms with Gasteiger partial charge in [0.05, 0.1) is 28.8 Å². The summed E-state index contributed by atoms with van der Waals surface area (Å²) in [5, 5.41) is 9.70. The Morgan fingerprint density at radius 1 is 1.59 bits per heavy atom. The lowest BCUT2D eigenvalue weighted by molar-refractivity contribution is 0.183. The van der Waals surface area contributed by atoms with E-state index in [1.54, 1.807) is 18.4 Å². The van der Waals surface area contributed by atoms with Crippen LogP contribution in [0.4, 0.5) is 5.69 Å². The molecule has 6 heteroatoms. The van der Waals surface area contributed by atoms with Gasteiger partial charge in [0.15, 0.2) is 0 Å². The molecular weight excluding hydrogens is 302 g/mol. The molecule has 0 spiro atoms. The lowest BCUT2D eigenvalue weighted by Crippen LogP contribution is -2.04. The van der Waals surface area contributed by atoms with Crippen LogP contribution < -0.4 is 5.32 Å². The summed E-state index contributed by atoms with van der Waals surface area (Å²) in [6.07, 6.45) is 3.82. The summed E-state index contributed by atoms with van der Waals surface area (Å²) in [5.41, 5.74) is 2.30. The van der Waals surface area contributed by atoms with Gasteiger partial charge in [-0.3, -0.25) is 4.68 Å². The Morgan fingerprint density at radius 3 is 3.18 bits per heavy atom. The number of aromatic nitrogens is 2. The molecule has 92 valence electrons. The Labute approximate surface area is 113 Å². The molecule has 0 amide bonds. The smallest absolute Gasteiger partial charge is 0.0729 e. The number of hydrogen-bond acceptors (Lipinski definition) is 4. The molecule has 0 saturated carbocycles. The maximum Gasteiger partial charge on any atom is 0.0729 e. The molecule has 0 fully saturated rings. The normalized spacial score (nSPS) is 10.7. The number of halogens is 1. The Kier molecular flexibility index (Phi) is 4.58. The quantitative estimate of drug-likeness (QED) is 0.890. The Morgan fingerprint density at radius 2 is 2.47 bits per heavy atom. The fourth-order valence-corrected chi connectivity index (χ4v) is 2.61. The Hall–Kier alpha value is -0.850. The SMILES string of the molecule is COCCn1cc(NCc2csc(Br)c2)cn1. The minimum absolute atomic E-state index is 0.679. The van der Waals surface area contributed by atoms with E-state index in [1.165, 1.54) is 5.56 Å². The highest BCUT2D eigenvalue weighted by molar-refractivity contribution is 9.11. The number of rotatable bonds is 6. The van der Waals surface area contributed by atoms with Gasteiger partial charge in [-0.2, -0.15) is 5.10 Å². The number of methoxy groups -OCH3 is 1. The van der Waals surface area contributed by atoms with E-state index in [9.17, 15) is 0 Å². The first-order chi connectivity index (χ1) is 8.28. The first-order valence-electron chi connectivity index (χ1n) is 5.26. The molecule has 0 aliphatic carbocycles. The highest BCUT2D eigenvalue weighted by atomic mass is 79.9. The lowest BCUT2D eigenvalue weighted by atomic mass is 10.3. The summed E-state index contributed by atoms with van der Waals surface area (Å²) in [6.45, 7) is 2.28. The molecule has 0 aromatic carbocycles. The van der Waals surface area contributed by atoms with Crippen molar-refractivity contribution in [1.82, 2.24) is 9.78 Å². The largest absolute Gasteiger partial charge is 0.383 e. The number of anilines is 1. The molecule has 1 N–H and O–H groups in total. The van der Waals surface area contributed by atoms with Gasteiger partial charge in [-0.1, -0.05) is 0 Å². The Balaban J connectivity index is 1.84. The third kappa shape index (κ3) is 3.83. The van der Waals surface area contributed by atoms with Crippen molar-refractivity contribution in [2.75, 3.05) is 19.0 Å². The average molecular weight is 316 g/mol. The molecule has 2 aromatic heterocycles. The fourth-order valence-electron chi connectivity index (χ4n) is 1.40. The molecule has 0 saturated heterocycles. The monoisotopic (exact) mass is 315 g/mol. The molecule has 0 unspecified atom stereocenters. The minimum Gasteiger partial charge on any atom is -0.383 e. The zero-order chi connectivity index (χ0) is 12.1. The molecule has 4 nitrogen and oxygen atoms in total. The number of nitrogens with zero attached hydrogens (tertiary/aromatic N) is 2. The van der Waals surface area contributed by atoms with Crippen LogP contribution in [0.2, 0.25) is 0 Å². The first kappa shape index (κ1) is 12.6. The summed E-state index contributed by atoms with van der Waals surface area (Å²) in [4.78, 5) is 0. The van der Waals surface area contributed by atoms with Crippen LogP contribution >= 0.6 is 27.3 Å². The van der Waals surface area contributed by atoms with Gasteiger partial charge in [0.1, 0.15) is 0 Å². The van der Waals surface area contributed by atoms with Gasteiger partial charge in [-0.25, -0.2) is 0 Å². The molecule has 0 aliphatic rings. The molecule has 0 radical (unpaired) electrons. The van der Waals surface area contributed by atoms with E-state index in [2.05, 4.69) is 37.8 Å². The van der Waals surface area contributed by atoms with Crippen molar-refractivity contribution in [3.63, 3.8) is 0 Å². The number of hydrogen-bond donors (Lipinski definition) is 1. The predicted octanol–water partition coefficient (Wildman–Crippen LogP) is 2.97. The molecule has 0 bridgehead atoms. The summed E-state index contributed by atoms with van der Waals surface area (Å²) >= 11 is 5.15. The van der Waals surface area contributed by atoms with Crippen LogP contribution in [-0.2, 0) is 17.8 Å². The summed E-state index contributed by atoms with van der Waals surface area (Å²) in [5.74, 6) is 0. The molecule has 2 aromatic rings. The number of ether oxygens (including phenoxy) is 1. The standard InChI is InChI=1S/C11H14BrN3OS/c1-16-3-2-15-7-10(6-14-15)13-5-9-4-11(12)17-8-9/h4,6-8,13H,2-3,5H2,1H3. The first-order valence-corrected chi connectivity index (χ1v) is 6.93. The van der Waals surface area contributed by atoms with Gasteiger partial charge >= 0.3 is 0 Å². The second kappa shape index (κ2) is 6.18. The van der Waals surface area contributed by atoms with Gasteiger partial charge in [0.25, 0.3) is 0 Å². The highest BCUT2D eigenvalue weighted by Crippen LogP contribution is 2.21. The van der Waals surface area contributed by atoms with Crippen LogP contribution in [-0.4, -0.2) is 23.5 Å². The van der Waals surface area contributed by atoms with Gasteiger partial charge in [-0.15, -0.1) is 11.3 Å². The predicted molar refractivity (Wildman–Crippen MR) is 73.4 cm³/mol. The van der Waals surface area contributed by atoms with E-state index in [1.807, 2.05) is 17.1 Å². The van der Waals surface area contributed by atoms with Gasteiger partial charge in [-0.05, 0) is 32.9 Å². The van der Waals surface area contributed by atoms with Gasteiger partial charge < -0.3 is 10.1 Å². The van der Waals surface area contributed by atoms with E-state index in [-0.39, 0.29) is 0 Å². The van der Waals surface area contributed by atoms with Crippen molar-refractivity contribution in [3.05, 3.63) is 33.2 Å². The van der Waals surface area contributed by atoms with E-state index in [0.717, 1.165) is 22.6 Å². The van der Waals surface area contributed by atoms with Crippen molar-refractivity contribution in [2.24, 2.45) is 0 Å². The second-order valence-electron chi connectivity index (χ2n) is 3.60. The molecule has 2 rings (SSSR count). The van der Waals surface area contributed by atoms with E-state index < -0.39 is 0 Å². The Bertz CT molecular complexity index is 469. The molecule has 0 atom stereocenters. The average Bonchev–Trinajstić information content (AvgIpc) is 2.93. The second-order valence-corrected chi connectivity index (χ2v) is 5.89. The fraction of sp³-hybridized carbons (Fsp3) is 0.364. The van der Waals surface area contributed by atoms with Gasteiger partial charge in [0.2, 0.25) is 0 Å². The van der Waals surface area contributed by atoms with Crippen molar-refractivity contribution < 1.29 is 4.74 Å². The summed E-state index contributed by atoms with van der Waals surface area (Å²) < 4.78 is 8.03. The van der Waals surface area contributed by atoms with Crippen LogP contribution in [0.15, 0.2) is 27.6 Å². The van der Waals surface area contributed by atoms with Crippen LogP contribution in [0.5, 0.6) is 0 Å². The van der Waals surface area contributed by atoms with Crippen LogP contribution in [0, 0.1) is 0 Å². The molecule has 0 aliphatic heterocycles. The van der Waals surface area contributed by atoms with Gasteiger partial charge in [0, 0.05) is 19.9 Å². The topological polar surface area (TPSA) is 39.1 Å². The molecule has 17 heavy (non-hydrogen) atoms. The van der Waals surface area contributed by atoms with Crippen molar-refractivity contribution >= 4 is 33.0 Å². The molecule has 2 heterocycles. The highest BCUT2D eigenvalue weighted by Gasteiger charge is 2.00. The van der Waals surface area contributed by atoms with Crippen LogP contribution in [0.3, 0.4) is 0 Å². The maximum atomic E-state index is 5.00.